The summed E-state index contributed by atoms with van der Waals surface area (Å²) in [7, 11) is -1.08. The van der Waals surface area contributed by atoms with E-state index in [9.17, 15) is 9.00 Å². The summed E-state index contributed by atoms with van der Waals surface area (Å²) < 4.78 is 14.4. The molecule has 3 aromatic rings. The molecule has 4 rings (SSSR count). The topological polar surface area (TPSA) is 49.4 Å². The van der Waals surface area contributed by atoms with Crippen LogP contribution in [0.4, 0.5) is 0 Å². The molecule has 0 saturated carbocycles. The second-order valence-corrected chi connectivity index (χ2v) is 9.33. The molecular weight excluding hydrogens is 376 g/mol. The van der Waals surface area contributed by atoms with E-state index in [2.05, 4.69) is 47.8 Å². The van der Waals surface area contributed by atoms with E-state index in [1.54, 1.807) is 11.3 Å². The molecule has 1 saturated heterocycles. The number of rotatable bonds is 6. The molecule has 1 fully saturated rings. The van der Waals surface area contributed by atoms with Crippen molar-refractivity contribution in [2.24, 2.45) is 0 Å². The fraction of sp³-hybridized carbons (Fsp3) is 0.286. The van der Waals surface area contributed by atoms with Crippen molar-refractivity contribution < 1.29 is 9.00 Å². The lowest BCUT2D eigenvalue weighted by atomic mass is 10.1. The van der Waals surface area contributed by atoms with Gasteiger partial charge in [0.05, 0.1) is 17.7 Å². The maximum atomic E-state index is 13.1. The van der Waals surface area contributed by atoms with Crippen molar-refractivity contribution in [1.29, 1.82) is 0 Å². The van der Waals surface area contributed by atoms with Crippen molar-refractivity contribution in [2.75, 3.05) is 26.2 Å². The number of fused-ring (bicyclic) bond motifs is 1. The van der Waals surface area contributed by atoms with Gasteiger partial charge < -0.3 is 10.1 Å². The number of piperazine rings is 1. The highest BCUT2D eigenvalue weighted by Crippen LogP contribution is 2.35. The second-order valence-electron chi connectivity index (χ2n) is 6.65. The molecule has 0 radical (unpaired) electrons. The highest BCUT2D eigenvalue weighted by molar-refractivity contribution is 7.84. The second kappa shape index (κ2) is 8.44. The molecule has 0 amide bonds. The summed E-state index contributed by atoms with van der Waals surface area (Å²) in [6.07, 6.45) is 0.903. The zero-order valence-electron chi connectivity index (χ0n) is 15.0. The molecule has 1 aliphatic heterocycles. The van der Waals surface area contributed by atoms with Crippen molar-refractivity contribution in [1.82, 2.24) is 10.2 Å². The van der Waals surface area contributed by atoms with Crippen molar-refractivity contribution in [2.45, 2.75) is 11.1 Å². The quantitative estimate of drug-likeness (QED) is 0.648. The van der Waals surface area contributed by atoms with Crippen LogP contribution in [0, 0.1) is 0 Å². The normalized spacial score (nSPS) is 19.2. The molecule has 2 atom stereocenters. The van der Waals surface area contributed by atoms with Gasteiger partial charge in [-0.25, -0.2) is 0 Å². The van der Waals surface area contributed by atoms with Gasteiger partial charge in [0.2, 0.25) is 0 Å². The summed E-state index contributed by atoms with van der Waals surface area (Å²) in [5.41, 5.74) is 2.25. The van der Waals surface area contributed by atoms with Crippen LogP contribution in [0.25, 0.3) is 20.5 Å². The van der Waals surface area contributed by atoms with E-state index in [4.69, 9.17) is 0 Å². The number of carbonyl (C=O) groups is 1. The number of nitrogens with one attached hydrogen (secondary N) is 1. The van der Waals surface area contributed by atoms with E-state index in [1.165, 1.54) is 15.0 Å². The van der Waals surface area contributed by atoms with Crippen LogP contribution in [0.2, 0.25) is 0 Å². The summed E-state index contributed by atoms with van der Waals surface area (Å²) in [6.45, 7) is 2.59. The molecule has 140 valence electrons. The van der Waals surface area contributed by atoms with Gasteiger partial charge in [-0.2, -0.15) is 0 Å². The van der Waals surface area contributed by atoms with Crippen molar-refractivity contribution in [3.63, 3.8) is 0 Å². The van der Waals surface area contributed by atoms with Gasteiger partial charge in [0.25, 0.3) is 0 Å². The molecule has 2 heterocycles. The van der Waals surface area contributed by atoms with Crippen LogP contribution in [0.5, 0.6) is 0 Å². The Bertz CT molecular complexity index is 936. The first-order valence-electron chi connectivity index (χ1n) is 9.08. The molecule has 4 nitrogen and oxygen atoms in total. The van der Waals surface area contributed by atoms with E-state index in [0.717, 1.165) is 30.5 Å². The maximum absolute atomic E-state index is 13.1. The number of nitrogens with zero attached hydrogens (tertiary/aromatic N) is 1. The Balaban J connectivity index is 1.61. The van der Waals surface area contributed by atoms with Crippen molar-refractivity contribution >= 4 is 38.5 Å². The monoisotopic (exact) mass is 398 g/mol. The highest BCUT2D eigenvalue weighted by atomic mass is 32.2. The van der Waals surface area contributed by atoms with Gasteiger partial charge in [-0.3, -0.25) is 9.11 Å². The first-order chi connectivity index (χ1) is 13.3. The van der Waals surface area contributed by atoms with Crippen LogP contribution in [0.15, 0.2) is 54.6 Å². The molecule has 6 heteroatoms. The van der Waals surface area contributed by atoms with Gasteiger partial charge in [-0.15, -0.1) is 11.3 Å². The third kappa shape index (κ3) is 4.04. The lowest BCUT2D eigenvalue weighted by Crippen LogP contribution is -2.53. The molecule has 0 spiro atoms. The molecule has 27 heavy (non-hydrogen) atoms. The summed E-state index contributed by atoms with van der Waals surface area (Å²) in [5.74, 6) is 0.492. The molecule has 2 aromatic carbocycles. The molecule has 2 unspecified atom stereocenters. The van der Waals surface area contributed by atoms with Gasteiger partial charge in [0.15, 0.2) is 0 Å². The van der Waals surface area contributed by atoms with Crippen LogP contribution < -0.4 is 5.32 Å². The van der Waals surface area contributed by atoms with E-state index in [1.807, 2.05) is 17.0 Å². The summed E-state index contributed by atoms with van der Waals surface area (Å²) >= 11 is 1.77. The zero-order chi connectivity index (χ0) is 18.6. The van der Waals surface area contributed by atoms with Crippen LogP contribution in [-0.2, 0) is 21.3 Å². The van der Waals surface area contributed by atoms with Gasteiger partial charge in [-0.05, 0) is 28.6 Å². The maximum Gasteiger partial charge on any atom is 0.134 e. The smallest absolute Gasteiger partial charge is 0.134 e. The minimum atomic E-state index is -1.08. The van der Waals surface area contributed by atoms with Crippen molar-refractivity contribution in [3.05, 3.63) is 60.2 Å². The third-order valence-corrected chi connectivity index (χ3v) is 7.74. The van der Waals surface area contributed by atoms with Crippen molar-refractivity contribution in [3.8, 4) is 10.4 Å². The van der Waals surface area contributed by atoms with Crippen LogP contribution in [0.3, 0.4) is 0 Å². The van der Waals surface area contributed by atoms with Crippen LogP contribution in [0.1, 0.15) is 5.56 Å². The average molecular weight is 399 g/mol. The number of aldehydes is 1. The van der Waals surface area contributed by atoms with Gasteiger partial charge >= 0.3 is 0 Å². The Hall–Kier alpha value is -1.86. The fourth-order valence-corrected chi connectivity index (χ4v) is 6.24. The Labute approximate surface area is 165 Å². The Morgan fingerprint density at radius 3 is 2.85 bits per heavy atom. The largest absolute Gasteiger partial charge is 0.313 e. The first kappa shape index (κ1) is 18.5. The molecule has 1 aromatic heterocycles. The standard InChI is InChI=1S/C21H22N2O2S2/c24-12-11-23-10-9-22-14-21(23)27(25)15-17-6-1-3-7-18(17)20-13-16-5-2-4-8-19(16)26-20/h1-8,12-13,21-22H,9-11,14-15H2. The predicted molar refractivity (Wildman–Crippen MR) is 113 cm³/mol. The summed E-state index contributed by atoms with van der Waals surface area (Å²) in [4.78, 5) is 14.2. The minimum absolute atomic E-state index is 0.126. The number of hydrogen-bond donors (Lipinski definition) is 1. The van der Waals surface area contributed by atoms with Gasteiger partial charge in [-0.1, -0.05) is 42.5 Å². The average Bonchev–Trinajstić information content (AvgIpc) is 3.13. The lowest BCUT2D eigenvalue weighted by molar-refractivity contribution is -0.109. The zero-order valence-corrected chi connectivity index (χ0v) is 16.6. The van der Waals surface area contributed by atoms with E-state index < -0.39 is 10.8 Å². The Kier molecular flexibility index (Phi) is 5.78. The predicted octanol–water partition coefficient (Wildman–Crippen LogP) is 3.25. The van der Waals surface area contributed by atoms with Crippen LogP contribution >= 0.6 is 11.3 Å². The summed E-state index contributed by atoms with van der Waals surface area (Å²) in [6, 6.07) is 18.8. The number of benzene rings is 2. The van der Waals surface area contributed by atoms with E-state index in [-0.39, 0.29) is 5.37 Å². The van der Waals surface area contributed by atoms with Crippen LogP contribution in [-0.4, -0.2) is 46.9 Å². The Morgan fingerprint density at radius 2 is 2.00 bits per heavy atom. The first-order valence-corrected chi connectivity index (χ1v) is 11.3. The molecular formula is C21H22N2O2S2. The Morgan fingerprint density at radius 1 is 1.19 bits per heavy atom. The number of thiophene rings is 1. The fourth-order valence-electron chi connectivity index (χ4n) is 3.54. The number of hydrogen-bond acceptors (Lipinski definition) is 5. The SMILES string of the molecule is O=CCN1CCNCC1S(=O)Cc1ccccc1-c1cc2ccccc2s1. The number of carbonyl (C=O) groups excluding carboxylic acids is 1. The molecule has 0 aliphatic carbocycles. The van der Waals surface area contributed by atoms with E-state index in [0.29, 0.717) is 18.8 Å². The third-order valence-electron chi connectivity index (χ3n) is 4.92. The molecule has 1 N–H and O–H groups in total. The molecule has 1 aliphatic rings. The molecule has 0 bridgehead atoms. The minimum Gasteiger partial charge on any atom is -0.313 e. The van der Waals surface area contributed by atoms with E-state index >= 15 is 0 Å². The highest BCUT2D eigenvalue weighted by Gasteiger charge is 2.27. The summed E-state index contributed by atoms with van der Waals surface area (Å²) in [5, 5.41) is 4.42. The van der Waals surface area contributed by atoms with Gasteiger partial charge in [0, 0.05) is 40.0 Å². The lowest BCUT2D eigenvalue weighted by Gasteiger charge is -2.34. The van der Waals surface area contributed by atoms with Gasteiger partial charge in [0.1, 0.15) is 6.29 Å².